The number of amides is 1. The van der Waals surface area contributed by atoms with Gasteiger partial charge in [-0.05, 0) is 43.4 Å². The van der Waals surface area contributed by atoms with Crippen LogP contribution in [0, 0.1) is 0 Å². The van der Waals surface area contributed by atoms with Crippen molar-refractivity contribution in [2.24, 2.45) is 0 Å². The number of aryl methyl sites for hydroxylation is 2. The second-order valence-corrected chi connectivity index (χ2v) is 5.92. The van der Waals surface area contributed by atoms with E-state index >= 15 is 0 Å². The summed E-state index contributed by atoms with van der Waals surface area (Å²) >= 11 is 0. The van der Waals surface area contributed by atoms with Crippen LogP contribution < -0.4 is 15.6 Å². The number of nitrogens with one attached hydrogen (secondary N) is 1. The molecule has 24 heavy (non-hydrogen) atoms. The minimum absolute atomic E-state index is 0.107. The predicted octanol–water partition coefficient (Wildman–Crippen LogP) is 2.16. The fourth-order valence-corrected chi connectivity index (χ4v) is 2.96. The Kier molecular flexibility index (Phi) is 4.93. The Morgan fingerprint density at radius 3 is 2.88 bits per heavy atom. The third kappa shape index (κ3) is 3.64. The molecule has 0 radical (unpaired) electrons. The van der Waals surface area contributed by atoms with Crippen molar-refractivity contribution in [1.82, 2.24) is 9.78 Å². The molecule has 0 spiro atoms. The van der Waals surface area contributed by atoms with Crippen molar-refractivity contribution in [3.05, 3.63) is 51.9 Å². The maximum Gasteiger partial charge on any atom is 0.267 e. The van der Waals surface area contributed by atoms with Crippen molar-refractivity contribution < 1.29 is 9.53 Å². The fourth-order valence-electron chi connectivity index (χ4n) is 2.96. The van der Waals surface area contributed by atoms with Crippen molar-refractivity contribution in [2.45, 2.75) is 38.6 Å². The second-order valence-electron chi connectivity index (χ2n) is 5.92. The summed E-state index contributed by atoms with van der Waals surface area (Å²) in [6.45, 7) is -0.107. The lowest BCUT2D eigenvalue weighted by Crippen LogP contribution is -2.30. The second kappa shape index (κ2) is 7.29. The van der Waals surface area contributed by atoms with Crippen molar-refractivity contribution in [1.29, 1.82) is 0 Å². The van der Waals surface area contributed by atoms with Crippen molar-refractivity contribution in [3.8, 4) is 5.75 Å². The molecule has 1 aromatic carbocycles. The first-order valence-electron chi connectivity index (χ1n) is 8.20. The number of carbonyl (C=O) groups is 1. The van der Waals surface area contributed by atoms with Gasteiger partial charge < -0.3 is 10.1 Å². The zero-order chi connectivity index (χ0) is 16.9. The number of nitrogens with zero attached hydrogens (tertiary/aromatic N) is 2. The standard InChI is InChI=1S/C18H21N3O3/c1-24-16-10-6-5-9-15(16)19-17(22)12-21-18(23)11-13-7-3-2-4-8-14(13)20-21/h5-6,9-11H,2-4,7-8,12H2,1H3,(H,19,22). The Bertz CT molecular complexity index is 798. The maximum absolute atomic E-state index is 12.3. The smallest absolute Gasteiger partial charge is 0.267 e. The molecule has 3 rings (SSSR count). The normalized spacial score (nSPS) is 13.7. The van der Waals surface area contributed by atoms with E-state index in [-0.39, 0.29) is 18.0 Å². The summed E-state index contributed by atoms with van der Waals surface area (Å²) in [7, 11) is 1.55. The number of para-hydroxylation sites is 2. The Morgan fingerprint density at radius 1 is 1.25 bits per heavy atom. The van der Waals surface area contributed by atoms with E-state index in [2.05, 4.69) is 10.4 Å². The van der Waals surface area contributed by atoms with Crippen molar-refractivity contribution in [3.63, 3.8) is 0 Å². The maximum atomic E-state index is 12.3. The number of ether oxygens (including phenoxy) is 1. The number of carbonyl (C=O) groups excluding carboxylic acids is 1. The molecule has 1 heterocycles. The molecule has 1 aromatic heterocycles. The topological polar surface area (TPSA) is 73.2 Å². The lowest BCUT2D eigenvalue weighted by atomic mass is 10.1. The van der Waals surface area contributed by atoms with Crippen LogP contribution in [-0.2, 0) is 24.2 Å². The van der Waals surface area contributed by atoms with Gasteiger partial charge in [-0.2, -0.15) is 5.10 Å². The fraction of sp³-hybridized carbons (Fsp3) is 0.389. The molecular formula is C18H21N3O3. The Labute approximate surface area is 140 Å². The number of rotatable bonds is 4. The van der Waals surface area contributed by atoms with E-state index in [1.165, 1.54) is 4.68 Å². The lowest BCUT2D eigenvalue weighted by Gasteiger charge is -2.12. The third-order valence-electron chi connectivity index (χ3n) is 4.20. The molecule has 0 fully saturated rings. The highest BCUT2D eigenvalue weighted by molar-refractivity contribution is 5.92. The summed E-state index contributed by atoms with van der Waals surface area (Å²) in [6.07, 6.45) is 5.08. The molecule has 6 heteroatoms. The van der Waals surface area contributed by atoms with Crippen LogP contribution in [0.25, 0.3) is 0 Å². The minimum Gasteiger partial charge on any atom is -0.495 e. The number of benzene rings is 1. The van der Waals surface area contributed by atoms with Crippen LogP contribution in [0.15, 0.2) is 35.1 Å². The molecule has 126 valence electrons. The minimum atomic E-state index is -0.303. The molecule has 1 N–H and O–H groups in total. The van der Waals surface area contributed by atoms with E-state index in [0.29, 0.717) is 11.4 Å². The molecule has 0 aliphatic heterocycles. The average Bonchev–Trinajstić information content (AvgIpc) is 2.80. The first kappa shape index (κ1) is 16.2. The highest BCUT2D eigenvalue weighted by atomic mass is 16.5. The van der Waals surface area contributed by atoms with Crippen LogP contribution in [0.3, 0.4) is 0 Å². The molecule has 2 aromatic rings. The zero-order valence-electron chi connectivity index (χ0n) is 13.7. The van der Waals surface area contributed by atoms with E-state index in [0.717, 1.165) is 43.4 Å². The van der Waals surface area contributed by atoms with Gasteiger partial charge in [0.1, 0.15) is 12.3 Å². The van der Waals surface area contributed by atoms with Crippen molar-refractivity contribution >= 4 is 11.6 Å². The molecule has 1 aliphatic carbocycles. The largest absolute Gasteiger partial charge is 0.495 e. The van der Waals surface area contributed by atoms with Crippen LogP contribution in [0.5, 0.6) is 5.75 Å². The van der Waals surface area contributed by atoms with Gasteiger partial charge in [0.15, 0.2) is 0 Å². The highest BCUT2D eigenvalue weighted by Gasteiger charge is 2.14. The van der Waals surface area contributed by atoms with Crippen LogP contribution in [0.1, 0.15) is 30.5 Å². The Balaban J connectivity index is 1.77. The molecule has 0 atom stereocenters. The molecule has 0 saturated heterocycles. The lowest BCUT2D eigenvalue weighted by molar-refractivity contribution is -0.117. The molecular weight excluding hydrogens is 306 g/mol. The first-order chi connectivity index (χ1) is 11.7. The van der Waals surface area contributed by atoms with E-state index in [4.69, 9.17) is 4.74 Å². The summed E-state index contributed by atoms with van der Waals surface area (Å²) in [5.74, 6) is 0.274. The van der Waals surface area contributed by atoms with Gasteiger partial charge in [-0.25, -0.2) is 4.68 Å². The van der Waals surface area contributed by atoms with Gasteiger partial charge in [-0.15, -0.1) is 0 Å². The van der Waals surface area contributed by atoms with Crippen LogP contribution in [0.2, 0.25) is 0 Å². The molecule has 1 amide bonds. The number of anilines is 1. The van der Waals surface area contributed by atoms with Gasteiger partial charge in [0.2, 0.25) is 5.91 Å². The van der Waals surface area contributed by atoms with Gasteiger partial charge >= 0.3 is 0 Å². The number of fused-ring (bicyclic) bond motifs is 1. The SMILES string of the molecule is COc1ccccc1NC(=O)Cn1nc2c(cc1=O)CCCCC2. The van der Waals surface area contributed by atoms with Gasteiger partial charge in [-0.3, -0.25) is 9.59 Å². The number of aromatic nitrogens is 2. The van der Waals surface area contributed by atoms with Crippen molar-refractivity contribution in [2.75, 3.05) is 12.4 Å². The van der Waals surface area contributed by atoms with E-state index in [1.54, 1.807) is 25.3 Å². The molecule has 0 saturated carbocycles. The third-order valence-corrected chi connectivity index (χ3v) is 4.20. The van der Waals surface area contributed by atoms with Gasteiger partial charge in [0.25, 0.3) is 5.56 Å². The molecule has 6 nitrogen and oxygen atoms in total. The Morgan fingerprint density at radius 2 is 2.04 bits per heavy atom. The quantitative estimate of drug-likeness (QED) is 0.874. The van der Waals surface area contributed by atoms with Gasteiger partial charge in [0.05, 0.1) is 18.5 Å². The number of methoxy groups -OCH3 is 1. The van der Waals surface area contributed by atoms with E-state index in [9.17, 15) is 9.59 Å². The van der Waals surface area contributed by atoms with Gasteiger partial charge in [0, 0.05) is 6.07 Å². The van der Waals surface area contributed by atoms with E-state index in [1.807, 2.05) is 12.1 Å². The van der Waals surface area contributed by atoms with Crippen LogP contribution in [-0.4, -0.2) is 22.8 Å². The average molecular weight is 327 g/mol. The first-order valence-corrected chi connectivity index (χ1v) is 8.20. The van der Waals surface area contributed by atoms with Gasteiger partial charge in [-0.1, -0.05) is 18.6 Å². The summed E-state index contributed by atoms with van der Waals surface area (Å²) in [4.78, 5) is 24.5. The number of hydrogen-bond acceptors (Lipinski definition) is 4. The van der Waals surface area contributed by atoms with Crippen LogP contribution in [0.4, 0.5) is 5.69 Å². The van der Waals surface area contributed by atoms with Crippen LogP contribution >= 0.6 is 0 Å². The Hall–Kier alpha value is -2.63. The predicted molar refractivity (Wildman–Crippen MR) is 91.4 cm³/mol. The van der Waals surface area contributed by atoms with E-state index < -0.39 is 0 Å². The summed E-state index contributed by atoms with van der Waals surface area (Å²) in [6, 6.07) is 8.79. The molecule has 0 bridgehead atoms. The molecule has 1 aliphatic rings. The zero-order valence-corrected chi connectivity index (χ0v) is 13.7. The number of hydrogen-bond donors (Lipinski definition) is 1. The summed E-state index contributed by atoms with van der Waals surface area (Å²) in [5.41, 5.74) is 2.31. The monoisotopic (exact) mass is 327 g/mol. The molecule has 0 unspecified atom stereocenters. The summed E-state index contributed by atoms with van der Waals surface area (Å²) < 4.78 is 6.45. The summed E-state index contributed by atoms with van der Waals surface area (Å²) in [5, 5.41) is 7.17. The highest BCUT2D eigenvalue weighted by Crippen LogP contribution is 2.23.